The molecule has 0 radical (unpaired) electrons. The number of hydrogen-bond donors (Lipinski definition) is 0. The molecule has 0 saturated heterocycles. The molecular weight excluding hydrogens is 388 g/mol. The van der Waals surface area contributed by atoms with Gasteiger partial charge in [0.25, 0.3) is 0 Å². The van der Waals surface area contributed by atoms with Crippen LogP contribution in [-0.2, 0) is 19.1 Å². The minimum absolute atomic E-state index is 0.126. The molecule has 0 spiro atoms. The lowest BCUT2D eigenvalue weighted by Gasteiger charge is -2.31. The fraction of sp³-hybridized carbons (Fsp3) is 0.926. The van der Waals surface area contributed by atoms with Gasteiger partial charge in [0.05, 0.1) is 13.2 Å². The highest BCUT2D eigenvalue weighted by Crippen LogP contribution is 2.62. The van der Waals surface area contributed by atoms with E-state index < -0.39 is 0 Å². The van der Waals surface area contributed by atoms with E-state index >= 15 is 0 Å². The van der Waals surface area contributed by atoms with Crippen molar-refractivity contribution in [3.8, 4) is 0 Å². The molecule has 6 saturated carbocycles. The van der Waals surface area contributed by atoms with Crippen molar-refractivity contribution in [2.75, 3.05) is 13.2 Å². The van der Waals surface area contributed by atoms with Crippen molar-refractivity contribution in [1.82, 2.24) is 0 Å². The Kier molecular flexibility index (Phi) is 5.55. The van der Waals surface area contributed by atoms with Crippen LogP contribution in [0.2, 0.25) is 0 Å². The van der Waals surface area contributed by atoms with E-state index in [0.29, 0.717) is 44.3 Å². The molecule has 172 valence electrons. The second-order valence-electron chi connectivity index (χ2n) is 12.0. The van der Waals surface area contributed by atoms with Gasteiger partial charge in [-0.15, -0.1) is 0 Å². The second kappa shape index (κ2) is 8.37. The molecule has 0 aromatic carbocycles. The van der Waals surface area contributed by atoms with Gasteiger partial charge >= 0.3 is 11.9 Å². The van der Waals surface area contributed by atoms with Crippen molar-refractivity contribution in [3.05, 3.63) is 0 Å². The Morgan fingerprint density at radius 3 is 1.52 bits per heavy atom. The lowest BCUT2D eigenvalue weighted by molar-refractivity contribution is -0.147. The average molecular weight is 429 g/mol. The molecule has 0 amide bonds. The summed E-state index contributed by atoms with van der Waals surface area (Å²) in [5, 5.41) is 0. The molecule has 6 aliphatic rings. The van der Waals surface area contributed by atoms with E-state index in [1.165, 1.54) is 64.2 Å². The number of hydrogen-bond acceptors (Lipinski definition) is 4. The van der Waals surface area contributed by atoms with E-state index in [2.05, 4.69) is 0 Å². The van der Waals surface area contributed by atoms with Crippen molar-refractivity contribution in [2.24, 2.45) is 59.2 Å². The summed E-state index contributed by atoms with van der Waals surface area (Å²) in [5.41, 5.74) is 0. The Balaban J connectivity index is 0.859. The average Bonchev–Trinajstić information content (AvgIpc) is 3.57. The largest absolute Gasteiger partial charge is 0.465 e. The smallest absolute Gasteiger partial charge is 0.305 e. The van der Waals surface area contributed by atoms with E-state index in [9.17, 15) is 9.59 Å². The van der Waals surface area contributed by atoms with Crippen LogP contribution in [0.3, 0.4) is 0 Å². The maximum Gasteiger partial charge on any atom is 0.305 e. The molecule has 31 heavy (non-hydrogen) atoms. The molecule has 4 heteroatoms. The normalized spacial score (nSPS) is 46.3. The van der Waals surface area contributed by atoms with Gasteiger partial charge in [0.2, 0.25) is 0 Å². The summed E-state index contributed by atoms with van der Waals surface area (Å²) in [5.74, 6) is 8.20. The second-order valence-corrected chi connectivity index (χ2v) is 12.0. The molecule has 0 N–H and O–H groups in total. The van der Waals surface area contributed by atoms with Crippen molar-refractivity contribution < 1.29 is 19.1 Å². The van der Waals surface area contributed by atoms with Crippen LogP contribution in [0.15, 0.2) is 0 Å². The Morgan fingerprint density at radius 1 is 0.581 bits per heavy atom. The summed E-state index contributed by atoms with van der Waals surface area (Å²) in [7, 11) is 0. The maximum absolute atomic E-state index is 12.2. The topological polar surface area (TPSA) is 52.6 Å². The number of carbonyl (C=O) groups excluding carboxylic acids is 2. The van der Waals surface area contributed by atoms with E-state index in [4.69, 9.17) is 9.47 Å². The first-order chi connectivity index (χ1) is 15.2. The third-order valence-corrected chi connectivity index (χ3v) is 10.8. The maximum atomic E-state index is 12.2. The number of carbonyl (C=O) groups is 2. The van der Waals surface area contributed by atoms with Crippen molar-refractivity contribution in [2.45, 2.75) is 83.5 Å². The van der Waals surface area contributed by atoms with Gasteiger partial charge in [-0.1, -0.05) is 12.8 Å². The molecule has 0 aliphatic heterocycles. The first-order valence-corrected chi connectivity index (χ1v) is 13.5. The highest BCUT2D eigenvalue weighted by atomic mass is 16.5. The van der Waals surface area contributed by atoms with Crippen LogP contribution in [0, 0.1) is 59.2 Å². The molecule has 10 atom stereocenters. The number of fused-ring (bicyclic) bond motifs is 10. The Labute approximate surface area is 187 Å². The van der Waals surface area contributed by atoms with Gasteiger partial charge in [-0.05, 0) is 117 Å². The van der Waals surface area contributed by atoms with E-state index in [-0.39, 0.29) is 11.9 Å². The van der Waals surface area contributed by atoms with Gasteiger partial charge in [-0.2, -0.15) is 0 Å². The third-order valence-electron chi connectivity index (χ3n) is 10.8. The SMILES string of the molecule is O=C(CCCC(=O)OCC1CC2CC1C1CCCC21)OCC1CC2CC1C1CCCC21. The standard InChI is InChI=1S/C27H40O4/c28-26(30-14-18-10-16-12-24(18)22-6-1-4-20(16)22)8-3-9-27(29)31-15-19-11-17-13-25(19)23-7-2-5-21(17)23/h16-25H,1-15H2. The van der Waals surface area contributed by atoms with Gasteiger partial charge < -0.3 is 9.47 Å². The van der Waals surface area contributed by atoms with Crippen LogP contribution in [0.5, 0.6) is 0 Å². The minimum Gasteiger partial charge on any atom is -0.465 e. The minimum atomic E-state index is -0.126. The molecule has 4 nitrogen and oxygen atoms in total. The molecular formula is C27H40O4. The number of esters is 2. The molecule has 6 fully saturated rings. The first kappa shape index (κ1) is 20.5. The van der Waals surface area contributed by atoms with Gasteiger partial charge in [0.15, 0.2) is 0 Å². The molecule has 4 bridgehead atoms. The lowest BCUT2D eigenvalue weighted by Crippen LogP contribution is -2.28. The Morgan fingerprint density at radius 2 is 1.03 bits per heavy atom. The Hall–Kier alpha value is -1.06. The zero-order valence-electron chi connectivity index (χ0n) is 19.0. The predicted octanol–water partition coefficient (Wildman–Crippen LogP) is 5.39. The van der Waals surface area contributed by atoms with Crippen LogP contribution in [0.25, 0.3) is 0 Å². The molecule has 0 heterocycles. The summed E-state index contributed by atoms with van der Waals surface area (Å²) < 4.78 is 11.3. The van der Waals surface area contributed by atoms with Gasteiger partial charge in [0, 0.05) is 12.8 Å². The molecule has 0 aromatic rings. The summed E-state index contributed by atoms with van der Waals surface area (Å²) in [6.07, 6.45) is 15.1. The van der Waals surface area contributed by atoms with E-state index in [1.54, 1.807) is 0 Å². The number of rotatable bonds is 8. The summed E-state index contributed by atoms with van der Waals surface area (Å²) in [4.78, 5) is 24.4. The van der Waals surface area contributed by atoms with Crippen LogP contribution in [-0.4, -0.2) is 25.2 Å². The van der Waals surface area contributed by atoms with Crippen molar-refractivity contribution >= 4 is 11.9 Å². The van der Waals surface area contributed by atoms with E-state index in [0.717, 1.165) is 47.3 Å². The zero-order valence-corrected chi connectivity index (χ0v) is 19.0. The van der Waals surface area contributed by atoms with Gasteiger partial charge in [0.1, 0.15) is 0 Å². The fourth-order valence-corrected chi connectivity index (χ4v) is 9.72. The Bertz CT molecular complexity index is 645. The fourth-order valence-electron chi connectivity index (χ4n) is 9.72. The quantitative estimate of drug-likeness (QED) is 0.487. The highest BCUT2D eigenvalue weighted by Gasteiger charge is 2.54. The monoisotopic (exact) mass is 428 g/mol. The highest BCUT2D eigenvalue weighted by molar-refractivity contribution is 5.72. The first-order valence-electron chi connectivity index (χ1n) is 13.5. The van der Waals surface area contributed by atoms with Crippen LogP contribution < -0.4 is 0 Å². The van der Waals surface area contributed by atoms with Crippen molar-refractivity contribution in [3.63, 3.8) is 0 Å². The lowest BCUT2D eigenvalue weighted by atomic mass is 9.76. The van der Waals surface area contributed by atoms with Crippen molar-refractivity contribution in [1.29, 1.82) is 0 Å². The molecule has 6 aliphatic carbocycles. The third kappa shape index (κ3) is 3.74. The van der Waals surface area contributed by atoms with Crippen LogP contribution in [0.1, 0.15) is 83.5 Å². The number of ether oxygens (including phenoxy) is 2. The molecule has 10 unspecified atom stereocenters. The van der Waals surface area contributed by atoms with E-state index in [1.807, 2.05) is 0 Å². The van der Waals surface area contributed by atoms with Gasteiger partial charge in [-0.3, -0.25) is 9.59 Å². The summed E-state index contributed by atoms with van der Waals surface area (Å²) in [6, 6.07) is 0. The van der Waals surface area contributed by atoms with Crippen LogP contribution >= 0.6 is 0 Å². The summed E-state index contributed by atoms with van der Waals surface area (Å²) in [6.45, 7) is 1.22. The predicted molar refractivity (Wildman–Crippen MR) is 117 cm³/mol. The zero-order chi connectivity index (χ0) is 20.9. The molecule has 6 rings (SSSR count). The van der Waals surface area contributed by atoms with Gasteiger partial charge in [-0.25, -0.2) is 0 Å². The molecule has 0 aromatic heterocycles. The van der Waals surface area contributed by atoms with Crippen LogP contribution in [0.4, 0.5) is 0 Å². The summed E-state index contributed by atoms with van der Waals surface area (Å²) >= 11 is 0.